The van der Waals surface area contributed by atoms with Crippen molar-refractivity contribution >= 4 is 28.3 Å². The van der Waals surface area contributed by atoms with Crippen LogP contribution >= 0.6 is 28.3 Å². The van der Waals surface area contributed by atoms with Crippen molar-refractivity contribution in [3.05, 3.63) is 57.6 Å². The van der Waals surface area contributed by atoms with Crippen LogP contribution in [0.15, 0.2) is 40.9 Å². The van der Waals surface area contributed by atoms with Gasteiger partial charge in [0.1, 0.15) is 0 Å². The van der Waals surface area contributed by atoms with Gasteiger partial charge in [0.05, 0.1) is 5.54 Å². The topological polar surface area (TPSA) is 38.0 Å². The molecule has 1 heterocycles. The van der Waals surface area contributed by atoms with E-state index in [9.17, 15) is 0 Å². The van der Waals surface area contributed by atoms with Crippen molar-refractivity contribution in [3.63, 3.8) is 0 Å². The molecule has 0 spiro atoms. The lowest BCUT2D eigenvalue weighted by atomic mass is 9.78. The molecule has 116 valence electrons. The van der Waals surface area contributed by atoms with Crippen LogP contribution in [-0.4, -0.2) is 13.1 Å². The minimum Gasteiger partial charge on any atom is -0.319 e. The van der Waals surface area contributed by atoms with Crippen LogP contribution in [0.3, 0.4) is 0 Å². The molecule has 3 N–H and O–H groups in total. The Morgan fingerprint density at radius 3 is 2.18 bits per heavy atom. The molecule has 0 aromatic heterocycles. The van der Waals surface area contributed by atoms with E-state index >= 15 is 0 Å². The van der Waals surface area contributed by atoms with Crippen LogP contribution in [0.5, 0.6) is 0 Å². The molecule has 2 aromatic rings. The SMILES string of the molecule is CC1(C)c2cc(Br)ccc2-c2ccc(C3(N)CNC3)cc21.Cl. The summed E-state index contributed by atoms with van der Waals surface area (Å²) >= 11 is 3.60. The molecule has 0 radical (unpaired) electrons. The molecule has 0 amide bonds. The fourth-order valence-electron chi connectivity index (χ4n) is 3.62. The van der Waals surface area contributed by atoms with Gasteiger partial charge in [-0.2, -0.15) is 0 Å². The Morgan fingerprint density at radius 1 is 1.00 bits per heavy atom. The molecule has 1 saturated heterocycles. The number of nitrogens with one attached hydrogen (secondary N) is 1. The van der Waals surface area contributed by atoms with Crippen molar-refractivity contribution in [1.82, 2.24) is 5.32 Å². The second kappa shape index (κ2) is 5.07. The Balaban J connectivity index is 0.00000144. The van der Waals surface area contributed by atoms with Gasteiger partial charge in [0.25, 0.3) is 0 Å². The van der Waals surface area contributed by atoms with E-state index in [4.69, 9.17) is 5.73 Å². The Bertz CT molecular complexity index is 751. The molecule has 1 fully saturated rings. The summed E-state index contributed by atoms with van der Waals surface area (Å²) < 4.78 is 1.14. The zero-order valence-corrected chi connectivity index (χ0v) is 15.1. The molecule has 1 aliphatic heterocycles. The average Bonchev–Trinajstić information content (AvgIpc) is 2.64. The van der Waals surface area contributed by atoms with Gasteiger partial charge < -0.3 is 11.1 Å². The molecule has 0 bridgehead atoms. The number of hydrogen-bond acceptors (Lipinski definition) is 2. The second-order valence-electron chi connectivity index (χ2n) is 6.83. The van der Waals surface area contributed by atoms with Gasteiger partial charge >= 0.3 is 0 Å². The molecule has 2 aliphatic rings. The summed E-state index contributed by atoms with van der Waals surface area (Å²) in [7, 11) is 0. The van der Waals surface area contributed by atoms with E-state index in [2.05, 4.69) is 71.5 Å². The summed E-state index contributed by atoms with van der Waals surface area (Å²) in [4.78, 5) is 0. The quantitative estimate of drug-likeness (QED) is 0.788. The molecule has 0 atom stereocenters. The van der Waals surface area contributed by atoms with E-state index in [1.807, 2.05) is 0 Å². The lowest BCUT2D eigenvalue weighted by molar-refractivity contribution is 0.287. The maximum Gasteiger partial charge on any atom is 0.0662 e. The fourth-order valence-corrected chi connectivity index (χ4v) is 3.98. The summed E-state index contributed by atoms with van der Waals surface area (Å²) in [6.45, 7) is 6.33. The fraction of sp³-hybridized carbons (Fsp3) is 0.333. The van der Waals surface area contributed by atoms with Gasteiger partial charge in [0.2, 0.25) is 0 Å². The van der Waals surface area contributed by atoms with Gasteiger partial charge in [0.15, 0.2) is 0 Å². The third kappa shape index (κ3) is 2.07. The molecule has 4 heteroatoms. The third-order valence-electron chi connectivity index (χ3n) is 5.09. The molecule has 2 aromatic carbocycles. The van der Waals surface area contributed by atoms with Crippen molar-refractivity contribution < 1.29 is 0 Å². The number of rotatable bonds is 1. The first-order chi connectivity index (χ1) is 9.92. The predicted octanol–water partition coefficient (Wildman–Crippen LogP) is 3.93. The first-order valence-electron chi connectivity index (χ1n) is 7.37. The van der Waals surface area contributed by atoms with Gasteiger partial charge in [-0.15, -0.1) is 12.4 Å². The first kappa shape index (κ1) is 16.0. The predicted molar refractivity (Wildman–Crippen MR) is 97.7 cm³/mol. The molecule has 4 rings (SSSR count). The minimum atomic E-state index is -0.194. The number of halogens is 2. The highest BCUT2D eigenvalue weighted by atomic mass is 79.9. The standard InChI is InChI=1S/C18H19BrN2.ClH/c1-17(2)15-7-11(18(20)9-21-10-18)3-5-13(15)14-6-4-12(19)8-16(14)17;/h3-8,21H,9-10,20H2,1-2H3;1H. The number of benzene rings is 2. The van der Waals surface area contributed by atoms with Crippen LogP contribution in [0.25, 0.3) is 11.1 Å². The second-order valence-corrected chi connectivity index (χ2v) is 7.75. The van der Waals surface area contributed by atoms with Gasteiger partial charge in [-0.3, -0.25) is 0 Å². The van der Waals surface area contributed by atoms with Crippen LogP contribution in [0.1, 0.15) is 30.5 Å². The highest BCUT2D eigenvalue weighted by Gasteiger charge is 2.39. The van der Waals surface area contributed by atoms with Crippen LogP contribution in [0.2, 0.25) is 0 Å². The molecule has 22 heavy (non-hydrogen) atoms. The molecule has 0 saturated carbocycles. The van der Waals surface area contributed by atoms with Crippen molar-refractivity contribution in [2.75, 3.05) is 13.1 Å². The van der Waals surface area contributed by atoms with E-state index in [1.54, 1.807) is 0 Å². The zero-order chi connectivity index (χ0) is 14.8. The summed E-state index contributed by atoms with van der Waals surface area (Å²) in [6.07, 6.45) is 0. The van der Waals surface area contributed by atoms with Crippen molar-refractivity contribution in [1.29, 1.82) is 0 Å². The molecule has 0 unspecified atom stereocenters. The van der Waals surface area contributed by atoms with Crippen molar-refractivity contribution in [2.24, 2.45) is 5.73 Å². The maximum atomic E-state index is 6.47. The number of nitrogens with two attached hydrogens (primary N) is 1. The zero-order valence-electron chi connectivity index (χ0n) is 12.7. The Kier molecular flexibility index (Phi) is 3.69. The summed E-state index contributed by atoms with van der Waals surface area (Å²) in [5.41, 5.74) is 13.0. The van der Waals surface area contributed by atoms with Crippen LogP contribution in [-0.2, 0) is 11.0 Å². The normalized spacial score (nSPS) is 19.6. The van der Waals surface area contributed by atoms with E-state index in [-0.39, 0.29) is 23.4 Å². The number of fused-ring (bicyclic) bond motifs is 3. The Hall–Kier alpha value is -0.870. The Morgan fingerprint density at radius 2 is 1.59 bits per heavy atom. The van der Waals surface area contributed by atoms with E-state index in [0.717, 1.165) is 17.6 Å². The van der Waals surface area contributed by atoms with Crippen LogP contribution in [0, 0.1) is 0 Å². The van der Waals surface area contributed by atoms with Gasteiger partial charge in [0, 0.05) is 23.0 Å². The summed E-state index contributed by atoms with van der Waals surface area (Å²) in [5, 5.41) is 3.28. The summed E-state index contributed by atoms with van der Waals surface area (Å²) in [6, 6.07) is 13.4. The average molecular weight is 380 g/mol. The smallest absolute Gasteiger partial charge is 0.0662 e. The summed E-state index contributed by atoms with van der Waals surface area (Å²) in [5.74, 6) is 0. The molecular formula is C18H20BrClN2. The molecule has 2 nitrogen and oxygen atoms in total. The highest BCUT2D eigenvalue weighted by molar-refractivity contribution is 9.10. The van der Waals surface area contributed by atoms with E-state index in [1.165, 1.54) is 27.8 Å². The van der Waals surface area contributed by atoms with Crippen LogP contribution in [0.4, 0.5) is 0 Å². The number of hydrogen-bond donors (Lipinski definition) is 2. The maximum absolute atomic E-state index is 6.47. The van der Waals surface area contributed by atoms with E-state index in [0.29, 0.717) is 0 Å². The van der Waals surface area contributed by atoms with Gasteiger partial charge in [-0.05, 0) is 39.9 Å². The molecular weight excluding hydrogens is 360 g/mol. The lowest BCUT2D eigenvalue weighted by Crippen LogP contribution is -2.62. The first-order valence-corrected chi connectivity index (χ1v) is 8.16. The minimum absolute atomic E-state index is 0. The van der Waals surface area contributed by atoms with Crippen molar-refractivity contribution in [2.45, 2.75) is 24.8 Å². The van der Waals surface area contributed by atoms with Crippen molar-refractivity contribution in [3.8, 4) is 11.1 Å². The molecule has 1 aliphatic carbocycles. The van der Waals surface area contributed by atoms with Gasteiger partial charge in [-0.25, -0.2) is 0 Å². The third-order valence-corrected chi connectivity index (χ3v) is 5.59. The monoisotopic (exact) mass is 378 g/mol. The van der Waals surface area contributed by atoms with Gasteiger partial charge in [-0.1, -0.05) is 54.0 Å². The van der Waals surface area contributed by atoms with Crippen LogP contribution < -0.4 is 11.1 Å². The highest BCUT2D eigenvalue weighted by Crippen LogP contribution is 2.50. The lowest BCUT2D eigenvalue weighted by Gasteiger charge is -2.40. The largest absolute Gasteiger partial charge is 0.319 e. The Labute approximate surface area is 146 Å². The van der Waals surface area contributed by atoms with E-state index < -0.39 is 0 Å².